The molecule has 3 aromatic rings. The first-order chi connectivity index (χ1) is 16.1. The molecular formula is C26H29N5O2. The van der Waals surface area contributed by atoms with Gasteiger partial charge < -0.3 is 15.1 Å². The number of likely N-dealkylation sites (N-methyl/N-ethyl adjacent to an activating group) is 1. The first-order valence-corrected chi connectivity index (χ1v) is 11.3. The summed E-state index contributed by atoms with van der Waals surface area (Å²) in [7, 11) is 1.81. The second-order valence-corrected chi connectivity index (χ2v) is 8.24. The van der Waals surface area contributed by atoms with Gasteiger partial charge in [0.15, 0.2) is 0 Å². The van der Waals surface area contributed by atoms with Gasteiger partial charge in [-0.15, -0.1) is 0 Å². The summed E-state index contributed by atoms with van der Waals surface area (Å²) in [5, 5.41) is 3.12. The molecule has 1 aliphatic rings. The van der Waals surface area contributed by atoms with Gasteiger partial charge in [-0.3, -0.25) is 9.59 Å². The zero-order valence-corrected chi connectivity index (χ0v) is 18.9. The van der Waals surface area contributed by atoms with Crippen molar-refractivity contribution in [3.05, 3.63) is 78.6 Å². The fourth-order valence-corrected chi connectivity index (χ4v) is 4.11. The Kier molecular flexibility index (Phi) is 7.29. The fraction of sp³-hybridized carbons (Fsp3) is 0.308. The van der Waals surface area contributed by atoms with Gasteiger partial charge in [0.2, 0.25) is 17.8 Å². The number of aromatic nitrogens is 2. The van der Waals surface area contributed by atoms with E-state index in [9.17, 15) is 9.59 Å². The molecule has 0 bridgehead atoms. The molecular weight excluding hydrogens is 414 g/mol. The van der Waals surface area contributed by atoms with Crippen molar-refractivity contribution in [1.29, 1.82) is 0 Å². The van der Waals surface area contributed by atoms with Crippen LogP contribution in [-0.2, 0) is 16.0 Å². The van der Waals surface area contributed by atoms with Gasteiger partial charge in [0.25, 0.3) is 0 Å². The molecule has 1 atom stereocenters. The smallest absolute Gasteiger partial charge is 0.245 e. The average Bonchev–Trinajstić information content (AvgIpc) is 2.86. The number of anilines is 1. The van der Waals surface area contributed by atoms with E-state index in [0.717, 1.165) is 16.7 Å². The minimum Gasteiger partial charge on any atom is -0.354 e. The Labute approximate surface area is 194 Å². The van der Waals surface area contributed by atoms with E-state index in [0.29, 0.717) is 44.8 Å². The van der Waals surface area contributed by atoms with Gasteiger partial charge >= 0.3 is 0 Å². The molecule has 0 spiro atoms. The van der Waals surface area contributed by atoms with Crippen molar-refractivity contribution in [1.82, 2.24) is 19.8 Å². The summed E-state index contributed by atoms with van der Waals surface area (Å²) in [5.74, 6) is 0.558. The summed E-state index contributed by atoms with van der Waals surface area (Å²) in [6.45, 7) is 1.71. The molecule has 0 aliphatic carbocycles. The molecule has 1 aromatic heterocycles. The number of carbonyl (C=O) groups excluding carboxylic acids is 2. The number of nitrogens with zero attached hydrogens (tertiary/aromatic N) is 4. The SMILES string of the molecule is CN1CCN(C(=O)CCCNc2ncccn2)C(Cc2cccc(-c3ccccc3)c2)C1=O. The van der Waals surface area contributed by atoms with Crippen molar-refractivity contribution in [2.24, 2.45) is 0 Å². The zero-order chi connectivity index (χ0) is 23.0. The number of hydrogen-bond donors (Lipinski definition) is 1. The van der Waals surface area contributed by atoms with Gasteiger partial charge in [-0.2, -0.15) is 0 Å². The highest BCUT2D eigenvalue weighted by atomic mass is 16.2. The van der Waals surface area contributed by atoms with Crippen LogP contribution in [0.5, 0.6) is 0 Å². The summed E-state index contributed by atoms with van der Waals surface area (Å²) in [6.07, 6.45) is 4.87. The van der Waals surface area contributed by atoms with Crippen LogP contribution in [-0.4, -0.2) is 64.3 Å². The fourth-order valence-electron chi connectivity index (χ4n) is 4.11. The zero-order valence-electron chi connectivity index (χ0n) is 18.9. The summed E-state index contributed by atoms with van der Waals surface area (Å²) < 4.78 is 0. The van der Waals surface area contributed by atoms with Crippen LogP contribution in [0.3, 0.4) is 0 Å². The predicted molar refractivity (Wildman–Crippen MR) is 128 cm³/mol. The maximum atomic E-state index is 13.0. The number of hydrogen-bond acceptors (Lipinski definition) is 5. The largest absolute Gasteiger partial charge is 0.354 e. The number of rotatable bonds is 8. The minimum absolute atomic E-state index is 0.00414. The predicted octanol–water partition coefficient (Wildman–Crippen LogP) is 3.25. The van der Waals surface area contributed by atoms with Crippen LogP contribution in [0.4, 0.5) is 5.95 Å². The van der Waals surface area contributed by atoms with E-state index in [4.69, 9.17) is 0 Å². The summed E-state index contributed by atoms with van der Waals surface area (Å²) >= 11 is 0. The Morgan fingerprint density at radius 1 is 1.00 bits per heavy atom. The summed E-state index contributed by atoms with van der Waals surface area (Å²) in [5.41, 5.74) is 3.29. The van der Waals surface area contributed by atoms with E-state index in [2.05, 4.69) is 39.6 Å². The van der Waals surface area contributed by atoms with Gasteiger partial charge in [-0.05, 0) is 29.2 Å². The van der Waals surface area contributed by atoms with Crippen LogP contribution in [0, 0.1) is 0 Å². The van der Waals surface area contributed by atoms with Crippen LogP contribution >= 0.6 is 0 Å². The molecule has 2 amide bonds. The number of piperazine rings is 1. The van der Waals surface area contributed by atoms with Gasteiger partial charge in [-0.25, -0.2) is 9.97 Å². The van der Waals surface area contributed by atoms with E-state index < -0.39 is 6.04 Å². The Morgan fingerprint density at radius 2 is 1.76 bits per heavy atom. The second-order valence-electron chi connectivity index (χ2n) is 8.24. The van der Waals surface area contributed by atoms with Crippen molar-refractivity contribution in [3.63, 3.8) is 0 Å². The molecule has 1 fully saturated rings. The molecule has 170 valence electrons. The third-order valence-electron chi connectivity index (χ3n) is 5.91. The monoisotopic (exact) mass is 443 g/mol. The molecule has 2 aromatic carbocycles. The molecule has 0 radical (unpaired) electrons. The third-order valence-corrected chi connectivity index (χ3v) is 5.91. The lowest BCUT2D eigenvalue weighted by Crippen LogP contribution is -2.58. The molecule has 1 N–H and O–H groups in total. The van der Waals surface area contributed by atoms with Crippen LogP contribution in [0.15, 0.2) is 73.1 Å². The highest BCUT2D eigenvalue weighted by Crippen LogP contribution is 2.23. The maximum Gasteiger partial charge on any atom is 0.245 e. The molecule has 33 heavy (non-hydrogen) atoms. The second kappa shape index (κ2) is 10.7. The normalized spacial score (nSPS) is 16.0. The Bertz CT molecular complexity index is 1070. The minimum atomic E-state index is -0.479. The molecule has 1 saturated heterocycles. The van der Waals surface area contributed by atoms with Crippen LogP contribution < -0.4 is 5.32 Å². The van der Waals surface area contributed by atoms with Gasteiger partial charge in [-0.1, -0.05) is 54.6 Å². The Morgan fingerprint density at radius 3 is 2.55 bits per heavy atom. The van der Waals surface area contributed by atoms with E-state index in [-0.39, 0.29) is 11.8 Å². The topological polar surface area (TPSA) is 78.4 Å². The van der Waals surface area contributed by atoms with E-state index in [1.807, 2.05) is 30.3 Å². The summed E-state index contributed by atoms with van der Waals surface area (Å²) in [6, 6.07) is 19.7. The standard InChI is InChI=1S/C26H29N5O2/c1-30-16-17-31(24(32)12-6-13-27-26-28-14-7-15-29-26)23(25(30)33)19-20-8-5-11-22(18-20)21-9-3-2-4-10-21/h2-5,7-11,14-15,18,23H,6,12-13,16-17,19H2,1H3,(H,27,28,29). The molecule has 7 heteroatoms. The van der Waals surface area contributed by atoms with Crippen LogP contribution in [0.25, 0.3) is 11.1 Å². The van der Waals surface area contributed by atoms with Crippen molar-refractivity contribution in [2.75, 3.05) is 32.0 Å². The number of amides is 2. The van der Waals surface area contributed by atoms with Crippen molar-refractivity contribution in [3.8, 4) is 11.1 Å². The lowest BCUT2D eigenvalue weighted by Gasteiger charge is -2.39. The molecule has 2 heterocycles. The van der Waals surface area contributed by atoms with E-state index in [1.54, 1.807) is 35.3 Å². The highest BCUT2D eigenvalue weighted by molar-refractivity contribution is 5.89. The first kappa shape index (κ1) is 22.5. The van der Waals surface area contributed by atoms with Gasteiger partial charge in [0.1, 0.15) is 6.04 Å². The molecule has 4 rings (SSSR count). The Balaban J connectivity index is 1.41. The molecule has 1 unspecified atom stereocenters. The van der Waals surface area contributed by atoms with Gasteiger partial charge in [0, 0.05) is 51.9 Å². The quantitative estimate of drug-likeness (QED) is 0.541. The van der Waals surface area contributed by atoms with E-state index in [1.165, 1.54) is 0 Å². The number of benzene rings is 2. The molecule has 0 saturated carbocycles. The molecule has 7 nitrogen and oxygen atoms in total. The van der Waals surface area contributed by atoms with Crippen molar-refractivity contribution in [2.45, 2.75) is 25.3 Å². The van der Waals surface area contributed by atoms with Crippen molar-refractivity contribution >= 4 is 17.8 Å². The highest BCUT2D eigenvalue weighted by Gasteiger charge is 2.35. The third kappa shape index (κ3) is 5.74. The van der Waals surface area contributed by atoms with Gasteiger partial charge in [0.05, 0.1) is 0 Å². The first-order valence-electron chi connectivity index (χ1n) is 11.3. The maximum absolute atomic E-state index is 13.0. The average molecular weight is 444 g/mol. The van der Waals surface area contributed by atoms with E-state index >= 15 is 0 Å². The van der Waals surface area contributed by atoms with Crippen LogP contribution in [0.2, 0.25) is 0 Å². The lowest BCUT2D eigenvalue weighted by molar-refractivity contribution is -0.150. The Hall–Kier alpha value is -3.74. The number of carbonyl (C=O) groups is 2. The summed E-state index contributed by atoms with van der Waals surface area (Å²) in [4.78, 5) is 37.8. The lowest BCUT2D eigenvalue weighted by atomic mass is 9.97. The van der Waals surface area contributed by atoms with Crippen LogP contribution in [0.1, 0.15) is 18.4 Å². The molecule has 1 aliphatic heterocycles. The number of nitrogens with one attached hydrogen (secondary N) is 1. The van der Waals surface area contributed by atoms with Crippen molar-refractivity contribution < 1.29 is 9.59 Å².